The molecule has 3 aromatic rings. The van der Waals surface area contributed by atoms with Crippen LogP contribution in [0.1, 0.15) is 10.4 Å². The highest BCUT2D eigenvalue weighted by molar-refractivity contribution is 7.14. The van der Waals surface area contributed by atoms with Crippen molar-refractivity contribution in [1.82, 2.24) is 3.96 Å². The van der Waals surface area contributed by atoms with Crippen molar-refractivity contribution in [2.45, 2.75) is 0 Å². The number of fused-ring (bicyclic) bond motifs is 1. The van der Waals surface area contributed by atoms with Crippen LogP contribution in [-0.2, 0) is 4.74 Å². The van der Waals surface area contributed by atoms with Gasteiger partial charge in [-0.05, 0) is 36.4 Å². The molecule has 4 nitrogen and oxygen atoms in total. The molecule has 20 heavy (non-hydrogen) atoms. The van der Waals surface area contributed by atoms with Gasteiger partial charge in [0.05, 0.1) is 28.4 Å². The van der Waals surface area contributed by atoms with E-state index < -0.39 is 0 Å². The number of methoxy groups -OCH3 is 1. The smallest absolute Gasteiger partial charge is 0.337 e. The lowest BCUT2D eigenvalue weighted by atomic mass is 10.2. The Hall–Kier alpha value is -2.40. The fourth-order valence-electron chi connectivity index (χ4n) is 1.99. The quantitative estimate of drug-likeness (QED) is 0.680. The second-order valence-electron chi connectivity index (χ2n) is 4.23. The van der Waals surface area contributed by atoms with Crippen molar-refractivity contribution in [1.29, 1.82) is 0 Å². The summed E-state index contributed by atoms with van der Waals surface area (Å²) in [5.74, 6) is -0.389. The van der Waals surface area contributed by atoms with Crippen LogP contribution >= 0.6 is 11.5 Å². The molecule has 0 aliphatic rings. The van der Waals surface area contributed by atoms with Gasteiger partial charge >= 0.3 is 5.97 Å². The largest absolute Gasteiger partial charge is 0.465 e. The van der Waals surface area contributed by atoms with Crippen molar-refractivity contribution in [3.63, 3.8) is 0 Å². The summed E-state index contributed by atoms with van der Waals surface area (Å²) in [6.07, 6.45) is 0. The molecule has 2 aromatic carbocycles. The van der Waals surface area contributed by atoms with Crippen molar-refractivity contribution < 1.29 is 9.53 Å². The van der Waals surface area contributed by atoms with Gasteiger partial charge in [0.25, 0.3) is 5.56 Å². The van der Waals surface area contributed by atoms with Crippen molar-refractivity contribution >= 4 is 27.6 Å². The summed E-state index contributed by atoms with van der Waals surface area (Å²) < 4.78 is 7.20. The molecular weight excluding hydrogens is 274 g/mol. The number of nitrogens with zero attached hydrogens (tertiary/aromatic N) is 1. The third-order valence-electron chi connectivity index (χ3n) is 3.01. The maximum atomic E-state index is 12.3. The van der Waals surface area contributed by atoms with E-state index >= 15 is 0 Å². The Morgan fingerprint density at radius 2 is 1.80 bits per heavy atom. The van der Waals surface area contributed by atoms with Crippen molar-refractivity contribution in [2.75, 3.05) is 7.11 Å². The molecule has 0 N–H and O–H groups in total. The molecule has 3 rings (SSSR count). The Kier molecular flexibility index (Phi) is 3.12. The average Bonchev–Trinajstić information content (AvgIpc) is 2.84. The Bertz CT molecular complexity index is 830. The molecule has 5 heteroatoms. The van der Waals surface area contributed by atoms with Crippen LogP contribution in [0.5, 0.6) is 0 Å². The molecule has 0 amide bonds. The van der Waals surface area contributed by atoms with Gasteiger partial charge in [0.1, 0.15) is 0 Å². The molecule has 0 aliphatic carbocycles. The fraction of sp³-hybridized carbons (Fsp3) is 0.0667. The maximum Gasteiger partial charge on any atom is 0.337 e. The van der Waals surface area contributed by atoms with E-state index in [0.717, 1.165) is 10.4 Å². The number of ether oxygens (including phenoxy) is 1. The molecule has 0 unspecified atom stereocenters. The molecule has 0 radical (unpaired) electrons. The monoisotopic (exact) mass is 285 g/mol. The number of esters is 1. The van der Waals surface area contributed by atoms with E-state index in [0.29, 0.717) is 10.9 Å². The maximum absolute atomic E-state index is 12.3. The van der Waals surface area contributed by atoms with Crippen LogP contribution in [0.4, 0.5) is 0 Å². The third kappa shape index (κ3) is 2.02. The van der Waals surface area contributed by atoms with Crippen molar-refractivity contribution in [3.05, 3.63) is 64.4 Å². The van der Waals surface area contributed by atoms with E-state index in [9.17, 15) is 9.59 Å². The molecule has 0 atom stereocenters. The third-order valence-corrected chi connectivity index (χ3v) is 4.13. The van der Waals surface area contributed by atoms with Gasteiger partial charge in [0.15, 0.2) is 0 Å². The van der Waals surface area contributed by atoms with Gasteiger partial charge in [-0.2, -0.15) is 0 Å². The SMILES string of the molecule is COC(=O)c1ccc(-n2sc3ccccc3c2=O)cc1. The molecule has 0 bridgehead atoms. The predicted molar refractivity (Wildman–Crippen MR) is 78.8 cm³/mol. The van der Waals surface area contributed by atoms with Crippen LogP contribution in [0, 0.1) is 0 Å². The van der Waals surface area contributed by atoms with E-state index in [-0.39, 0.29) is 11.5 Å². The first kappa shape index (κ1) is 12.6. The molecule has 0 saturated carbocycles. The van der Waals surface area contributed by atoms with Gasteiger partial charge in [-0.1, -0.05) is 23.7 Å². The van der Waals surface area contributed by atoms with E-state index in [4.69, 9.17) is 0 Å². The van der Waals surface area contributed by atoms with Gasteiger partial charge in [0.2, 0.25) is 0 Å². The predicted octanol–water partition coefficient (Wildman–Crippen LogP) is 2.84. The molecule has 0 saturated heterocycles. The van der Waals surface area contributed by atoms with Crippen LogP contribution in [0.3, 0.4) is 0 Å². The van der Waals surface area contributed by atoms with E-state index in [1.807, 2.05) is 24.3 Å². The Morgan fingerprint density at radius 1 is 1.10 bits per heavy atom. The number of hydrogen-bond acceptors (Lipinski definition) is 4. The van der Waals surface area contributed by atoms with E-state index in [2.05, 4.69) is 4.74 Å². The average molecular weight is 285 g/mol. The second kappa shape index (κ2) is 4.94. The normalized spacial score (nSPS) is 10.7. The first-order valence-corrected chi connectivity index (χ1v) is 6.78. The van der Waals surface area contributed by atoms with Crippen LogP contribution in [0.25, 0.3) is 15.8 Å². The van der Waals surface area contributed by atoms with E-state index in [1.165, 1.54) is 18.6 Å². The minimum atomic E-state index is -0.389. The molecule has 1 aromatic heterocycles. The lowest BCUT2D eigenvalue weighted by Gasteiger charge is -2.02. The molecule has 0 aliphatic heterocycles. The standard InChI is InChI=1S/C15H11NO3S/c1-19-15(18)10-6-8-11(9-7-10)16-14(17)12-4-2-3-5-13(12)20-16/h2-9H,1H3. The summed E-state index contributed by atoms with van der Waals surface area (Å²) >= 11 is 1.38. The summed E-state index contributed by atoms with van der Waals surface area (Å²) in [7, 11) is 1.34. The van der Waals surface area contributed by atoms with Gasteiger partial charge < -0.3 is 4.74 Å². The van der Waals surface area contributed by atoms with Crippen molar-refractivity contribution in [3.8, 4) is 5.69 Å². The van der Waals surface area contributed by atoms with Crippen LogP contribution in [-0.4, -0.2) is 17.0 Å². The number of hydrogen-bond donors (Lipinski definition) is 0. The molecule has 1 heterocycles. The second-order valence-corrected chi connectivity index (χ2v) is 5.21. The first-order chi connectivity index (χ1) is 9.70. The topological polar surface area (TPSA) is 48.3 Å². The van der Waals surface area contributed by atoms with Crippen molar-refractivity contribution in [2.24, 2.45) is 0 Å². The minimum absolute atomic E-state index is 0.0450. The zero-order valence-electron chi connectivity index (χ0n) is 10.7. The number of rotatable bonds is 2. The highest BCUT2D eigenvalue weighted by atomic mass is 32.1. The van der Waals surface area contributed by atoms with Crippen LogP contribution in [0.2, 0.25) is 0 Å². The zero-order valence-corrected chi connectivity index (χ0v) is 11.5. The minimum Gasteiger partial charge on any atom is -0.465 e. The number of carbonyl (C=O) groups is 1. The first-order valence-electron chi connectivity index (χ1n) is 6.00. The summed E-state index contributed by atoms with van der Waals surface area (Å²) in [5, 5.41) is 0.703. The lowest BCUT2D eigenvalue weighted by molar-refractivity contribution is 0.0601. The number of aromatic nitrogens is 1. The highest BCUT2D eigenvalue weighted by Crippen LogP contribution is 2.20. The van der Waals surface area contributed by atoms with Crippen LogP contribution in [0.15, 0.2) is 53.3 Å². The summed E-state index contributed by atoms with van der Waals surface area (Å²) in [6.45, 7) is 0. The summed E-state index contributed by atoms with van der Waals surface area (Å²) in [5.41, 5.74) is 1.16. The Labute approximate surface area is 119 Å². The summed E-state index contributed by atoms with van der Waals surface area (Å²) in [6, 6.07) is 14.3. The Morgan fingerprint density at radius 3 is 2.45 bits per heavy atom. The van der Waals surface area contributed by atoms with Gasteiger partial charge in [-0.25, -0.2) is 8.75 Å². The number of carbonyl (C=O) groups excluding carboxylic acids is 1. The number of benzene rings is 2. The van der Waals surface area contributed by atoms with Gasteiger partial charge in [-0.15, -0.1) is 0 Å². The fourth-order valence-corrected chi connectivity index (χ4v) is 2.99. The van der Waals surface area contributed by atoms with E-state index in [1.54, 1.807) is 28.2 Å². The molecule has 0 fully saturated rings. The molecular formula is C15H11NO3S. The Balaban J connectivity index is 2.09. The summed E-state index contributed by atoms with van der Waals surface area (Å²) in [4.78, 5) is 23.7. The van der Waals surface area contributed by atoms with Gasteiger partial charge in [-0.3, -0.25) is 4.79 Å². The molecule has 0 spiro atoms. The zero-order chi connectivity index (χ0) is 14.1. The highest BCUT2D eigenvalue weighted by Gasteiger charge is 2.10. The molecule has 100 valence electrons. The van der Waals surface area contributed by atoms with Gasteiger partial charge in [0, 0.05) is 0 Å². The van der Waals surface area contributed by atoms with Crippen LogP contribution < -0.4 is 5.56 Å². The lowest BCUT2D eigenvalue weighted by Crippen LogP contribution is -2.11.